The molecule has 0 bridgehead atoms. The van der Waals surface area contributed by atoms with Gasteiger partial charge in [-0.2, -0.15) is 0 Å². The molecule has 1 heterocycles. The van der Waals surface area contributed by atoms with E-state index in [0.717, 1.165) is 25.8 Å². The Morgan fingerprint density at radius 2 is 2.18 bits per heavy atom. The summed E-state index contributed by atoms with van der Waals surface area (Å²) in [5.74, 6) is 0.434. The lowest BCUT2D eigenvalue weighted by atomic mass is 9.88. The fourth-order valence-electron chi connectivity index (χ4n) is 2.15. The van der Waals surface area contributed by atoms with Crippen LogP contribution < -0.4 is 0 Å². The lowest BCUT2D eigenvalue weighted by Gasteiger charge is -2.44. The van der Waals surface area contributed by atoms with E-state index in [1.807, 2.05) is 25.7 Å². The van der Waals surface area contributed by atoms with Crippen LogP contribution in [-0.2, 0) is 4.74 Å². The third-order valence-electron chi connectivity index (χ3n) is 3.17. The van der Waals surface area contributed by atoms with Crippen molar-refractivity contribution >= 4 is 6.09 Å². The number of hydrogen-bond donors (Lipinski definition) is 1. The van der Waals surface area contributed by atoms with Gasteiger partial charge in [0.05, 0.1) is 0 Å². The van der Waals surface area contributed by atoms with Gasteiger partial charge in [-0.05, 0) is 46.0 Å². The fraction of sp³-hybridized carbons (Fsp3) is 0.923. The van der Waals surface area contributed by atoms with E-state index < -0.39 is 5.60 Å². The molecule has 1 saturated heterocycles. The lowest BCUT2D eigenvalue weighted by Crippen LogP contribution is -2.55. The van der Waals surface area contributed by atoms with Crippen molar-refractivity contribution in [2.24, 2.45) is 5.92 Å². The van der Waals surface area contributed by atoms with Crippen LogP contribution in [0.5, 0.6) is 0 Å². The molecule has 0 aromatic carbocycles. The van der Waals surface area contributed by atoms with Gasteiger partial charge in [0.25, 0.3) is 0 Å². The van der Waals surface area contributed by atoms with Gasteiger partial charge in [-0.25, -0.2) is 4.79 Å². The molecule has 1 fully saturated rings. The molecular formula is C13H25NO3. The molecule has 2 atom stereocenters. The Balaban J connectivity index is 2.42. The number of nitrogens with zero attached hydrogens (tertiary/aromatic N) is 1. The number of ether oxygens (including phenoxy) is 1. The molecule has 1 amide bonds. The van der Waals surface area contributed by atoms with Crippen LogP contribution in [0.3, 0.4) is 0 Å². The second-order valence-electron chi connectivity index (χ2n) is 5.87. The summed E-state index contributed by atoms with van der Waals surface area (Å²) in [4.78, 5) is 13.7. The van der Waals surface area contributed by atoms with Crippen molar-refractivity contribution in [1.29, 1.82) is 0 Å². The second kappa shape index (κ2) is 5.71. The first-order valence-electron chi connectivity index (χ1n) is 6.45. The van der Waals surface area contributed by atoms with Gasteiger partial charge in [0.2, 0.25) is 0 Å². The Hall–Kier alpha value is -0.770. The topological polar surface area (TPSA) is 49.8 Å². The molecule has 0 aliphatic carbocycles. The van der Waals surface area contributed by atoms with Crippen molar-refractivity contribution in [3.63, 3.8) is 0 Å². The highest BCUT2D eigenvalue weighted by Gasteiger charge is 2.37. The number of rotatable bonds is 4. The van der Waals surface area contributed by atoms with Crippen LogP contribution in [0, 0.1) is 5.92 Å². The zero-order valence-corrected chi connectivity index (χ0v) is 11.4. The minimum atomic E-state index is -0.425. The quantitative estimate of drug-likeness (QED) is 0.825. The Labute approximate surface area is 104 Å². The van der Waals surface area contributed by atoms with Crippen LogP contribution >= 0.6 is 0 Å². The zero-order valence-electron chi connectivity index (χ0n) is 11.4. The number of aliphatic hydroxyl groups excluding tert-OH is 1. The molecule has 0 aromatic rings. The van der Waals surface area contributed by atoms with Crippen LogP contribution in [0.1, 0.15) is 47.0 Å². The van der Waals surface area contributed by atoms with E-state index in [1.54, 1.807) is 0 Å². The molecule has 0 aromatic heterocycles. The van der Waals surface area contributed by atoms with Crippen LogP contribution in [0.2, 0.25) is 0 Å². The van der Waals surface area contributed by atoms with Crippen molar-refractivity contribution in [3.8, 4) is 0 Å². The zero-order chi connectivity index (χ0) is 13.1. The molecule has 1 aliphatic heterocycles. The number of carbonyl (C=O) groups is 1. The van der Waals surface area contributed by atoms with Crippen molar-refractivity contribution in [3.05, 3.63) is 0 Å². The fourth-order valence-corrected chi connectivity index (χ4v) is 2.15. The predicted molar refractivity (Wildman–Crippen MR) is 66.8 cm³/mol. The molecular weight excluding hydrogens is 218 g/mol. The Bertz CT molecular complexity index is 260. The molecule has 2 unspecified atom stereocenters. The van der Waals surface area contributed by atoms with Gasteiger partial charge in [0.15, 0.2) is 0 Å². The molecule has 1 aliphatic rings. The highest BCUT2D eigenvalue weighted by Crippen LogP contribution is 2.29. The predicted octanol–water partition coefficient (Wildman–Crippen LogP) is 2.40. The lowest BCUT2D eigenvalue weighted by molar-refractivity contribution is -0.0173. The molecule has 0 saturated carbocycles. The van der Waals surface area contributed by atoms with Crippen molar-refractivity contribution < 1.29 is 14.6 Å². The highest BCUT2D eigenvalue weighted by molar-refractivity contribution is 5.69. The van der Waals surface area contributed by atoms with Crippen LogP contribution in [-0.4, -0.2) is 40.9 Å². The molecule has 4 heteroatoms. The molecule has 1 rings (SSSR count). The van der Waals surface area contributed by atoms with E-state index in [0.29, 0.717) is 5.92 Å². The first-order chi connectivity index (χ1) is 7.85. The molecule has 0 radical (unpaired) electrons. The Kier molecular flexibility index (Phi) is 4.80. The summed E-state index contributed by atoms with van der Waals surface area (Å²) in [6, 6.07) is 0.288. The maximum Gasteiger partial charge on any atom is 0.410 e. The summed E-state index contributed by atoms with van der Waals surface area (Å²) in [6.45, 7) is 8.81. The Morgan fingerprint density at radius 3 is 2.59 bits per heavy atom. The van der Waals surface area contributed by atoms with Gasteiger partial charge in [0.1, 0.15) is 5.60 Å². The summed E-state index contributed by atoms with van der Waals surface area (Å²) in [6.07, 6.45) is 2.61. The van der Waals surface area contributed by atoms with E-state index >= 15 is 0 Å². The van der Waals surface area contributed by atoms with E-state index in [4.69, 9.17) is 9.84 Å². The highest BCUT2D eigenvalue weighted by atomic mass is 16.6. The molecule has 0 spiro atoms. The standard InChI is InChI=1S/C13H25NO3/c1-10(6-5-9-15)11-7-8-14(11)12(16)17-13(2,3)4/h10-11,15H,5-9H2,1-4H3. The number of aliphatic hydroxyl groups is 1. The van der Waals surface area contributed by atoms with Crippen LogP contribution in [0.25, 0.3) is 0 Å². The van der Waals surface area contributed by atoms with Crippen molar-refractivity contribution in [1.82, 2.24) is 4.90 Å². The number of hydrogen-bond acceptors (Lipinski definition) is 3. The normalized spacial score (nSPS) is 21.9. The van der Waals surface area contributed by atoms with Crippen molar-refractivity contribution in [2.45, 2.75) is 58.6 Å². The van der Waals surface area contributed by atoms with E-state index in [2.05, 4.69) is 6.92 Å². The largest absolute Gasteiger partial charge is 0.444 e. The van der Waals surface area contributed by atoms with E-state index in [9.17, 15) is 4.79 Å². The molecule has 4 nitrogen and oxygen atoms in total. The maximum absolute atomic E-state index is 11.9. The summed E-state index contributed by atoms with van der Waals surface area (Å²) in [7, 11) is 0. The minimum Gasteiger partial charge on any atom is -0.444 e. The smallest absolute Gasteiger partial charge is 0.410 e. The average Bonchev–Trinajstić information content (AvgIpc) is 2.09. The van der Waals surface area contributed by atoms with Crippen LogP contribution in [0.4, 0.5) is 4.79 Å². The van der Waals surface area contributed by atoms with E-state index in [1.165, 1.54) is 0 Å². The third kappa shape index (κ3) is 4.19. The summed E-state index contributed by atoms with van der Waals surface area (Å²) in [5.41, 5.74) is -0.425. The summed E-state index contributed by atoms with van der Waals surface area (Å²) >= 11 is 0. The molecule has 17 heavy (non-hydrogen) atoms. The van der Waals surface area contributed by atoms with Crippen molar-refractivity contribution in [2.75, 3.05) is 13.2 Å². The number of amides is 1. The van der Waals surface area contributed by atoms with Gasteiger partial charge < -0.3 is 14.7 Å². The third-order valence-corrected chi connectivity index (χ3v) is 3.17. The number of carbonyl (C=O) groups excluding carboxylic acids is 1. The van der Waals surface area contributed by atoms with Gasteiger partial charge >= 0.3 is 6.09 Å². The average molecular weight is 243 g/mol. The Morgan fingerprint density at radius 1 is 1.53 bits per heavy atom. The number of likely N-dealkylation sites (tertiary alicyclic amines) is 1. The van der Waals surface area contributed by atoms with Gasteiger partial charge in [0, 0.05) is 19.2 Å². The van der Waals surface area contributed by atoms with E-state index in [-0.39, 0.29) is 18.7 Å². The minimum absolute atomic E-state index is 0.204. The first-order valence-corrected chi connectivity index (χ1v) is 6.45. The van der Waals surface area contributed by atoms with Gasteiger partial charge in [-0.3, -0.25) is 0 Å². The second-order valence-corrected chi connectivity index (χ2v) is 5.87. The SMILES string of the molecule is CC(CCCO)C1CCN1C(=O)OC(C)(C)C. The monoisotopic (exact) mass is 243 g/mol. The first kappa shape index (κ1) is 14.3. The summed E-state index contributed by atoms with van der Waals surface area (Å²) in [5, 5.41) is 8.81. The summed E-state index contributed by atoms with van der Waals surface area (Å²) < 4.78 is 5.36. The van der Waals surface area contributed by atoms with Gasteiger partial charge in [-0.1, -0.05) is 6.92 Å². The van der Waals surface area contributed by atoms with Crippen LogP contribution in [0.15, 0.2) is 0 Å². The molecule has 1 N–H and O–H groups in total. The van der Waals surface area contributed by atoms with Gasteiger partial charge in [-0.15, -0.1) is 0 Å². The molecule has 100 valence electrons. The maximum atomic E-state index is 11.9.